The summed E-state index contributed by atoms with van der Waals surface area (Å²) in [6, 6.07) is 7.52. The Morgan fingerprint density at radius 1 is 1.45 bits per heavy atom. The van der Waals surface area contributed by atoms with Gasteiger partial charge in [0.15, 0.2) is 0 Å². The average Bonchev–Trinajstić information content (AvgIpc) is 2.75. The molecule has 1 amide bonds. The van der Waals surface area contributed by atoms with Crippen LogP contribution in [0.3, 0.4) is 0 Å². The molecule has 2 aliphatic rings. The topological polar surface area (TPSA) is 61.8 Å². The molecule has 3 atom stereocenters. The van der Waals surface area contributed by atoms with E-state index in [-0.39, 0.29) is 11.9 Å². The number of ether oxygens (including phenoxy) is 1. The molecule has 1 fully saturated rings. The van der Waals surface area contributed by atoms with Crippen molar-refractivity contribution in [3.8, 4) is 0 Å². The maximum atomic E-state index is 12.3. The zero-order chi connectivity index (χ0) is 14.1. The third-order valence-corrected chi connectivity index (χ3v) is 4.06. The van der Waals surface area contributed by atoms with E-state index in [1.165, 1.54) is 0 Å². The summed E-state index contributed by atoms with van der Waals surface area (Å²) in [5.41, 5.74) is 2.12. The van der Waals surface area contributed by atoms with Crippen molar-refractivity contribution >= 4 is 5.91 Å². The first kappa shape index (κ1) is 13.5. The van der Waals surface area contributed by atoms with Gasteiger partial charge in [-0.25, -0.2) is 0 Å². The van der Waals surface area contributed by atoms with E-state index in [4.69, 9.17) is 4.74 Å². The number of fused-ring (bicyclic) bond motifs is 1. The second-order valence-corrected chi connectivity index (χ2v) is 5.58. The van der Waals surface area contributed by atoms with Gasteiger partial charge >= 0.3 is 0 Å². The lowest BCUT2D eigenvalue weighted by Crippen LogP contribution is -2.50. The zero-order valence-corrected chi connectivity index (χ0v) is 11.6. The molecule has 1 aliphatic heterocycles. The summed E-state index contributed by atoms with van der Waals surface area (Å²) in [5.74, 6) is -0.141. The number of nitrogens with zero attached hydrogens (tertiary/aromatic N) is 1. The quantitative estimate of drug-likeness (QED) is 0.804. The highest BCUT2D eigenvalue weighted by atomic mass is 16.5. The first-order chi connectivity index (χ1) is 9.65. The number of aliphatic hydroxyl groups is 1. The summed E-state index contributed by atoms with van der Waals surface area (Å²) >= 11 is 0. The molecular formula is C15H20N2O3. The Balaban J connectivity index is 1.70. The number of nitrogens with one attached hydrogen (secondary N) is 1. The van der Waals surface area contributed by atoms with Crippen LogP contribution >= 0.6 is 0 Å². The second kappa shape index (κ2) is 5.52. The van der Waals surface area contributed by atoms with Gasteiger partial charge in [0.05, 0.1) is 18.8 Å². The van der Waals surface area contributed by atoms with E-state index < -0.39 is 12.2 Å². The van der Waals surface area contributed by atoms with Crippen molar-refractivity contribution in [1.29, 1.82) is 0 Å². The van der Waals surface area contributed by atoms with E-state index >= 15 is 0 Å². The Kier molecular flexibility index (Phi) is 3.74. The number of carbonyl (C=O) groups is 1. The minimum atomic E-state index is -0.558. The molecule has 108 valence electrons. The lowest BCUT2D eigenvalue weighted by atomic mass is 10.1. The van der Waals surface area contributed by atoms with Gasteiger partial charge in [-0.15, -0.1) is 0 Å². The lowest BCUT2D eigenvalue weighted by molar-refractivity contribution is -0.139. The summed E-state index contributed by atoms with van der Waals surface area (Å²) in [6.07, 6.45) is -0.418. The molecule has 1 saturated heterocycles. The maximum Gasteiger partial charge on any atom is 0.251 e. The molecule has 20 heavy (non-hydrogen) atoms. The van der Waals surface area contributed by atoms with Gasteiger partial charge in [0.25, 0.3) is 5.91 Å². The van der Waals surface area contributed by atoms with E-state index in [0.717, 1.165) is 17.7 Å². The van der Waals surface area contributed by atoms with Crippen LogP contribution in [0.4, 0.5) is 0 Å². The summed E-state index contributed by atoms with van der Waals surface area (Å²) < 4.78 is 5.51. The minimum absolute atomic E-state index is 0.141. The van der Waals surface area contributed by atoms with Crippen LogP contribution in [0, 0.1) is 0 Å². The fourth-order valence-corrected chi connectivity index (χ4v) is 2.93. The molecular weight excluding hydrogens is 256 g/mol. The summed E-state index contributed by atoms with van der Waals surface area (Å²) in [6.45, 7) is 2.01. The smallest absolute Gasteiger partial charge is 0.251 e. The predicted octanol–water partition coefficient (Wildman–Crippen LogP) is 0.0915. The molecule has 5 nitrogen and oxygen atoms in total. The van der Waals surface area contributed by atoms with Gasteiger partial charge in [-0.2, -0.15) is 0 Å². The molecule has 2 N–H and O–H groups in total. The van der Waals surface area contributed by atoms with Crippen molar-refractivity contribution in [1.82, 2.24) is 10.2 Å². The van der Waals surface area contributed by atoms with Crippen molar-refractivity contribution in [3.63, 3.8) is 0 Å². The van der Waals surface area contributed by atoms with Crippen LogP contribution in [0.2, 0.25) is 0 Å². The second-order valence-electron chi connectivity index (χ2n) is 5.58. The highest BCUT2D eigenvalue weighted by Gasteiger charge is 2.34. The Labute approximate surface area is 118 Å². The lowest BCUT2D eigenvalue weighted by Gasteiger charge is -2.30. The van der Waals surface area contributed by atoms with Crippen LogP contribution in [0.1, 0.15) is 17.2 Å². The van der Waals surface area contributed by atoms with Crippen LogP contribution < -0.4 is 5.32 Å². The fourth-order valence-electron chi connectivity index (χ4n) is 2.93. The van der Waals surface area contributed by atoms with Crippen molar-refractivity contribution in [2.75, 3.05) is 26.7 Å². The Bertz CT molecular complexity index is 506. The molecule has 0 aromatic heterocycles. The zero-order valence-electron chi connectivity index (χ0n) is 11.6. The summed E-state index contributed by atoms with van der Waals surface area (Å²) in [4.78, 5) is 14.4. The minimum Gasteiger partial charge on any atom is -0.390 e. The molecule has 0 radical (unpaired) electrons. The van der Waals surface area contributed by atoms with E-state index in [0.29, 0.717) is 19.6 Å². The standard InChI is InChI=1S/C15H20N2O3/c1-17-6-7-20-13(9-17)15(19)16-14-11-5-3-2-4-10(11)8-12(14)18/h2-5,12-14,18H,6-9H2,1H3,(H,16,19). The summed E-state index contributed by atoms with van der Waals surface area (Å²) in [5, 5.41) is 13.1. The number of carbonyl (C=O) groups excluding carboxylic acids is 1. The van der Waals surface area contributed by atoms with E-state index in [9.17, 15) is 9.90 Å². The Morgan fingerprint density at radius 3 is 3.05 bits per heavy atom. The number of morpholine rings is 1. The van der Waals surface area contributed by atoms with Crippen LogP contribution in [0.25, 0.3) is 0 Å². The van der Waals surface area contributed by atoms with Crippen LogP contribution in [0.15, 0.2) is 24.3 Å². The van der Waals surface area contributed by atoms with Crippen LogP contribution in [-0.4, -0.2) is 54.9 Å². The average molecular weight is 276 g/mol. The molecule has 3 rings (SSSR count). The normalized spacial score (nSPS) is 30.0. The molecule has 0 spiro atoms. The van der Waals surface area contributed by atoms with Gasteiger partial charge in [0.1, 0.15) is 6.10 Å². The number of aliphatic hydroxyl groups excluding tert-OH is 1. The van der Waals surface area contributed by atoms with Crippen molar-refractivity contribution in [2.24, 2.45) is 0 Å². The number of hydrogen-bond donors (Lipinski definition) is 2. The fraction of sp³-hybridized carbons (Fsp3) is 0.533. The van der Waals surface area contributed by atoms with E-state index in [2.05, 4.69) is 10.2 Å². The van der Waals surface area contributed by atoms with Crippen molar-refractivity contribution in [2.45, 2.75) is 24.7 Å². The van der Waals surface area contributed by atoms with Crippen LogP contribution in [0.5, 0.6) is 0 Å². The van der Waals surface area contributed by atoms with E-state index in [1.807, 2.05) is 31.3 Å². The number of likely N-dealkylation sites (N-methyl/N-ethyl adjacent to an activating group) is 1. The summed E-state index contributed by atoms with van der Waals surface area (Å²) in [7, 11) is 1.97. The number of hydrogen-bond acceptors (Lipinski definition) is 4. The third kappa shape index (κ3) is 2.57. The Hall–Kier alpha value is -1.43. The first-order valence-corrected chi connectivity index (χ1v) is 7.01. The molecule has 1 heterocycles. The molecule has 0 saturated carbocycles. The molecule has 0 bridgehead atoms. The SMILES string of the molecule is CN1CCOC(C(=O)NC2c3ccccc3CC2O)C1. The number of amides is 1. The third-order valence-electron chi connectivity index (χ3n) is 4.06. The largest absolute Gasteiger partial charge is 0.390 e. The van der Waals surface area contributed by atoms with E-state index in [1.54, 1.807) is 0 Å². The van der Waals surface area contributed by atoms with Crippen molar-refractivity contribution in [3.05, 3.63) is 35.4 Å². The number of rotatable bonds is 2. The van der Waals surface area contributed by atoms with Gasteiger partial charge in [0, 0.05) is 19.5 Å². The highest BCUT2D eigenvalue weighted by molar-refractivity contribution is 5.81. The number of benzene rings is 1. The van der Waals surface area contributed by atoms with Gasteiger partial charge < -0.3 is 20.1 Å². The predicted molar refractivity (Wildman–Crippen MR) is 74.3 cm³/mol. The molecule has 1 aliphatic carbocycles. The highest BCUT2D eigenvalue weighted by Crippen LogP contribution is 2.31. The van der Waals surface area contributed by atoms with Gasteiger partial charge in [-0.05, 0) is 18.2 Å². The molecule has 1 aromatic carbocycles. The Morgan fingerprint density at radius 2 is 2.25 bits per heavy atom. The monoisotopic (exact) mass is 276 g/mol. The van der Waals surface area contributed by atoms with Crippen molar-refractivity contribution < 1.29 is 14.6 Å². The first-order valence-electron chi connectivity index (χ1n) is 7.01. The molecule has 3 unspecified atom stereocenters. The molecule has 5 heteroatoms. The van der Waals surface area contributed by atoms with Gasteiger partial charge in [-0.1, -0.05) is 24.3 Å². The molecule has 1 aromatic rings. The van der Waals surface area contributed by atoms with Crippen LogP contribution in [-0.2, 0) is 16.0 Å². The van der Waals surface area contributed by atoms with Gasteiger partial charge in [-0.3, -0.25) is 4.79 Å². The maximum absolute atomic E-state index is 12.3. The van der Waals surface area contributed by atoms with Gasteiger partial charge in [0.2, 0.25) is 0 Å².